The molecule has 2 aromatic rings. The molecule has 0 spiro atoms. The van der Waals surface area contributed by atoms with Crippen molar-refractivity contribution in [1.82, 2.24) is 19.8 Å². The molecule has 92 valence electrons. The smallest absolute Gasteiger partial charge is 0.234 e. The lowest BCUT2D eigenvalue weighted by molar-refractivity contribution is 0.178. The molecule has 0 bridgehead atoms. The van der Waals surface area contributed by atoms with Gasteiger partial charge in [-0.2, -0.15) is 9.61 Å². The van der Waals surface area contributed by atoms with Crippen molar-refractivity contribution >= 4 is 16.3 Å². The number of nitrogens with zero attached hydrogens (tertiary/aromatic N) is 4. The van der Waals surface area contributed by atoms with Crippen molar-refractivity contribution in [3.05, 3.63) is 10.8 Å². The zero-order chi connectivity index (χ0) is 12.0. The van der Waals surface area contributed by atoms with Crippen LogP contribution in [0.15, 0.2) is 0 Å². The second-order valence-electron chi connectivity index (χ2n) is 4.77. The van der Waals surface area contributed by atoms with Gasteiger partial charge in [0.2, 0.25) is 4.96 Å². The maximum absolute atomic E-state index is 6.29. The summed E-state index contributed by atoms with van der Waals surface area (Å²) in [6, 6.07) is 0. The van der Waals surface area contributed by atoms with E-state index in [1.807, 2.05) is 0 Å². The summed E-state index contributed by atoms with van der Waals surface area (Å²) in [6.45, 7) is 5.39. The Hall–Kier alpha value is -1.05. The van der Waals surface area contributed by atoms with Crippen LogP contribution in [0.1, 0.15) is 37.0 Å². The Bertz CT molecular complexity index is 540. The van der Waals surface area contributed by atoms with Gasteiger partial charge in [-0.05, 0) is 6.42 Å². The standard InChI is InChI=1S/C10H15N5OS/c1-6(2)7-12-13-9-15(7)14-8(17-9)10(11)3-4-16-5-10/h6H,3-5,11H2,1-2H3. The molecule has 7 heteroatoms. The van der Waals surface area contributed by atoms with Crippen LogP contribution in [0.4, 0.5) is 0 Å². The molecule has 2 N–H and O–H groups in total. The van der Waals surface area contributed by atoms with Gasteiger partial charge < -0.3 is 10.5 Å². The summed E-state index contributed by atoms with van der Waals surface area (Å²) in [4.78, 5) is 0.806. The van der Waals surface area contributed by atoms with Gasteiger partial charge in [-0.15, -0.1) is 10.2 Å². The third kappa shape index (κ3) is 1.65. The molecule has 0 saturated carbocycles. The van der Waals surface area contributed by atoms with E-state index in [2.05, 4.69) is 29.1 Å². The lowest BCUT2D eigenvalue weighted by Gasteiger charge is -2.17. The molecule has 17 heavy (non-hydrogen) atoms. The van der Waals surface area contributed by atoms with Crippen LogP contribution in [0.5, 0.6) is 0 Å². The highest BCUT2D eigenvalue weighted by atomic mass is 32.1. The van der Waals surface area contributed by atoms with Crippen LogP contribution in [0.3, 0.4) is 0 Å². The maximum Gasteiger partial charge on any atom is 0.234 e. The lowest BCUT2D eigenvalue weighted by Crippen LogP contribution is -2.37. The molecule has 1 aliphatic rings. The summed E-state index contributed by atoms with van der Waals surface area (Å²) in [5.74, 6) is 1.18. The van der Waals surface area contributed by atoms with Crippen molar-refractivity contribution in [3.8, 4) is 0 Å². The molecule has 6 nitrogen and oxygen atoms in total. The number of hydrogen-bond acceptors (Lipinski definition) is 6. The van der Waals surface area contributed by atoms with Crippen molar-refractivity contribution in [2.24, 2.45) is 5.73 Å². The van der Waals surface area contributed by atoms with Crippen LogP contribution in [-0.4, -0.2) is 33.0 Å². The number of fused-ring (bicyclic) bond motifs is 1. The first-order chi connectivity index (χ1) is 8.10. The van der Waals surface area contributed by atoms with Crippen LogP contribution < -0.4 is 5.73 Å². The Morgan fingerprint density at radius 1 is 1.47 bits per heavy atom. The minimum absolute atomic E-state index is 0.300. The monoisotopic (exact) mass is 253 g/mol. The average molecular weight is 253 g/mol. The van der Waals surface area contributed by atoms with E-state index in [4.69, 9.17) is 10.5 Å². The summed E-state index contributed by atoms with van der Waals surface area (Å²) < 4.78 is 7.16. The van der Waals surface area contributed by atoms with E-state index >= 15 is 0 Å². The molecule has 0 aliphatic carbocycles. The molecule has 1 saturated heterocycles. The fourth-order valence-corrected chi connectivity index (χ4v) is 2.90. The minimum atomic E-state index is -0.445. The van der Waals surface area contributed by atoms with Gasteiger partial charge in [0.05, 0.1) is 12.1 Å². The SMILES string of the molecule is CC(C)c1nnc2sc(C3(N)CCOC3)nn12. The molecule has 1 atom stereocenters. The zero-order valence-corrected chi connectivity index (χ0v) is 10.7. The number of ether oxygens (including phenoxy) is 1. The fraction of sp³-hybridized carbons (Fsp3) is 0.700. The highest BCUT2D eigenvalue weighted by molar-refractivity contribution is 7.16. The average Bonchev–Trinajstić information content (AvgIpc) is 2.89. The van der Waals surface area contributed by atoms with Crippen LogP contribution in [0, 0.1) is 0 Å². The van der Waals surface area contributed by atoms with Gasteiger partial charge in [-0.1, -0.05) is 25.2 Å². The van der Waals surface area contributed by atoms with E-state index in [9.17, 15) is 0 Å². The molecule has 1 fully saturated rings. The van der Waals surface area contributed by atoms with Gasteiger partial charge in [0, 0.05) is 12.5 Å². The number of nitrogens with two attached hydrogens (primary N) is 1. The molecule has 1 unspecified atom stereocenters. The number of aromatic nitrogens is 4. The Kier molecular flexibility index (Phi) is 2.42. The topological polar surface area (TPSA) is 78.3 Å². The summed E-state index contributed by atoms with van der Waals surface area (Å²) in [5, 5.41) is 13.7. The van der Waals surface area contributed by atoms with E-state index in [-0.39, 0.29) is 0 Å². The molecule has 0 aromatic carbocycles. The van der Waals surface area contributed by atoms with Crippen LogP contribution in [-0.2, 0) is 10.3 Å². The van der Waals surface area contributed by atoms with E-state index < -0.39 is 5.54 Å². The van der Waals surface area contributed by atoms with Gasteiger partial charge in [0.25, 0.3) is 0 Å². The summed E-state index contributed by atoms with van der Waals surface area (Å²) in [7, 11) is 0. The quantitative estimate of drug-likeness (QED) is 0.859. The summed E-state index contributed by atoms with van der Waals surface area (Å²) in [6.07, 6.45) is 0.814. The zero-order valence-electron chi connectivity index (χ0n) is 9.88. The first-order valence-corrected chi connectivity index (χ1v) is 6.51. The number of rotatable bonds is 2. The van der Waals surface area contributed by atoms with Crippen molar-refractivity contribution in [2.75, 3.05) is 13.2 Å². The van der Waals surface area contributed by atoms with Crippen molar-refractivity contribution in [3.63, 3.8) is 0 Å². The first kappa shape index (κ1) is 11.1. The predicted octanol–water partition coefficient (Wildman–Crippen LogP) is 0.884. The third-order valence-corrected chi connectivity index (χ3v) is 4.13. The van der Waals surface area contributed by atoms with E-state index in [0.717, 1.165) is 22.2 Å². The normalized spacial score (nSPS) is 25.2. The fourth-order valence-electron chi connectivity index (χ4n) is 1.94. The van der Waals surface area contributed by atoms with Crippen LogP contribution >= 0.6 is 11.3 Å². The van der Waals surface area contributed by atoms with Gasteiger partial charge in [0.1, 0.15) is 5.01 Å². The van der Waals surface area contributed by atoms with E-state index in [1.165, 1.54) is 11.3 Å². The Morgan fingerprint density at radius 2 is 2.29 bits per heavy atom. The van der Waals surface area contributed by atoms with Crippen molar-refractivity contribution in [1.29, 1.82) is 0 Å². The predicted molar refractivity (Wildman–Crippen MR) is 64.0 cm³/mol. The summed E-state index contributed by atoms with van der Waals surface area (Å²) >= 11 is 1.50. The van der Waals surface area contributed by atoms with Gasteiger partial charge in [0.15, 0.2) is 5.82 Å². The number of hydrogen-bond donors (Lipinski definition) is 1. The Labute approximate surface area is 103 Å². The Balaban J connectivity index is 2.07. The molecular weight excluding hydrogens is 238 g/mol. The minimum Gasteiger partial charge on any atom is -0.379 e. The lowest BCUT2D eigenvalue weighted by atomic mass is 10.0. The largest absolute Gasteiger partial charge is 0.379 e. The second-order valence-corrected chi connectivity index (χ2v) is 5.73. The molecule has 3 heterocycles. The highest BCUT2D eigenvalue weighted by Crippen LogP contribution is 2.31. The second kappa shape index (κ2) is 3.72. The molecule has 0 amide bonds. The van der Waals surface area contributed by atoms with E-state index in [0.29, 0.717) is 19.1 Å². The summed E-state index contributed by atoms with van der Waals surface area (Å²) in [5.41, 5.74) is 5.85. The maximum atomic E-state index is 6.29. The highest BCUT2D eigenvalue weighted by Gasteiger charge is 2.36. The first-order valence-electron chi connectivity index (χ1n) is 5.69. The third-order valence-electron chi connectivity index (χ3n) is 3.01. The van der Waals surface area contributed by atoms with Gasteiger partial charge in [-0.25, -0.2) is 0 Å². The molecule has 3 rings (SSSR count). The van der Waals surface area contributed by atoms with Gasteiger partial charge >= 0.3 is 0 Å². The molecule has 2 aromatic heterocycles. The van der Waals surface area contributed by atoms with Gasteiger partial charge in [-0.3, -0.25) is 0 Å². The molecular formula is C10H15N5OS. The van der Waals surface area contributed by atoms with Crippen LogP contribution in [0.2, 0.25) is 0 Å². The Morgan fingerprint density at radius 3 is 2.94 bits per heavy atom. The molecule has 0 radical (unpaired) electrons. The van der Waals surface area contributed by atoms with Crippen LogP contribution in [0.25, 0.3) is 4.96 Å². The van der Waals surface area contributed by atoms with Crippen molar-refractivity contribution < 1.29 is 4.74 Å². The molecule has 1 aliphatic heterocycles. The van der Waals surface area contributed by atoms with Crippen molar-refractivity contribution in [2.45, 2.75) is 31.7 Å². The van der Waals surface area contributed by atoms with E-state index in [1.54, 1.807) is 4.52 Å².